The summed E-state index contributed by atoms with van der Waals surface area (Å²) in [6, 6.07) is 2.08. The van der Waals surface area contributed by atoms with Gasteiger partial charge in [0.2, 0.25) is 0 Å². The van der Waals surface area contributed by atoms with Crippen molar-refractivity contribution in [1.82, 2.24) is 0 Å². The first-order valence-electron chi connectivity index (χ1n) is 5.68. The molecule has 2 aliphatic heterocycles. The first kappa shape index (κ1) is 9.70. The van der Waals surface area contributed by atoms with Crippen molar-refractivity contribution in [3.63, 3.8) is 0 Å². The Labute approximate surface area is 94.4 Å². The monoisotopic (exact) mass is 218 g/mol. The fourth-order valence-electron chi connectivity index (χ4n) is 2.52. The van der Waals surface area contributed by atoms with Crippen molar-refractivity contribution in [3.05, 3.63) is 22.8 Å². The average Bonchev–Trinajstić information content (AvgIpc) is 2.83. The van der Waals surface area contributed by atoms with Crippen molar-refractivity contribution in [2.75, 3.05) is 13.2 Å². The molecule has 0 atom stereocenters. The van der Waals surface area contributed by atoms with Crippen molar-refractivity contribution in [2.24, 2.45) is 0 Å². The van der Waals surface area contributed by atoms with E-state index in [-0.39, 0.29) is 5.78 Å². The highest BCUT2D eigenvalue weighted by Gasteiger charge is 2.26. The van der Waals surface area contributed by atoms with Gasteiger partial charge < -0.3 is 9.47 Å². The zero-order chi connectivity index (χ0) is 11.1. The topological polar surface area (TPSA) is 35.5 Å². The van der Waals surface area contributed by atoms with Gasteiger partial charge in [0.05, 0.1) is 13.2 Å². The lowest BCUT2D eigenvalue weighted by atomic mass is 9.96. The lowest BCUT2D eigenvalue weighted by molar-refractivity contribution is -0.116. The molecule has 84 valence electrons. The van der Waals surface area contributed by atoms with Crippen LogP contribution in [0.25, 0.3) is 0 Å². The van der Waals surface area contributed by atoms with Gasteiger partial charge in [-0.25, -0.2) is 0 Å². The van der Waals surface area contributed by atoms with Crippen LogP contribution in [0.15, 0.2) is 6.07 Å². The van der Waals surface area contributed by atoms with E-state index in [2.05, 4.69) is 6.07 Å². The highest BCUT2D eigenvalue weighted by molar-refractivity contribution is 5.80. The Kier molecular flexibility index (Phi) is 2.13. The second-order valence-electron chi connectivity index (χ2n) is 4.40. The molecule has 3 rings (SSSR count). The standard InChI is InChI=1S/C13H14O3/c1-8(14)6-11-10-3-5-15-12(10)7-9-2-4-16-13(9)11/h7H,2-6H2,1H3. The quantitative estimate of drug-likeness (QED) is 0.757. The number of rotatable bonds is 2. The third kappa shape index (κ3) is 1.39. The molecule has 0 bridgehead atoms. The van der Waals surface area contributed by atoms with Crippen LogP contribution in [0.3, 0.4) is 0 Å². The Bertz CT molecular complexity index is 430. The van der Waals surface area contributed by atoms with Crippen LogP contribution in [-0.4, -0.2) is 19.0 Å². The molecule has 0 saturated heterocycles. The molecule has 0 spiro atoms. The molecule has 16 heavy (non-hydrogen) atoms. The maximum absolute atomic E-state index is 11.3. The summed E-state index contributed by atoms with van der Waals surface area (Å²) >= 11 is 0. The van der Waals surface area contributed by atoms with Crippen LogP contribution < -0.4 is 9.47 Å². The van der Waals surface area contributed by atoms with Crippen LogP contribution in [0.2, 0.25) is 0 Å². The predicted octanol–water partition coefficient (Wildman–Crippen LogP) is 1.69. The summed E-state index contributed by atoms with van der Waals surface area (Å²) in [4.78, 5) is 11.3. The third-order valence-corrected chi connectivity index (χ3v) is 3.19. The van der Waals surface area contributed by atoms with Crippen molar-refractivity contribution in [3.8, 4) is 11.5 Å². The summed E-state index contributed by atoms with van der Waals surface area (Å²) in [7, 11) is 0. The van der Waals surface area contributed by atoms with Gasteiger partial charge in [-0.05, 0) is 13.0 Å². The Morgan fingerprint density at radius 1 is 1.31 bits per heavy atom. The largest absolute Gasteiger partial charge is 0.493 e. The second-order valence-corrected chi connectivity index (χ2v) is 4.40. The number of Topliss-reactive ketones (excluding diaryl/α,β-unsaturated/α-hetero) is 1. The van der Waals surface area contributed by atoms with E-state index in [1.807, 2.05) is 0 Å². The summed E-state index contributed by atoms with van der Waals surface area (Å²) in [5.41, 5.74) is 3.43. The van der Waals surface area contributed by atoms with Gasteiger partial charge in [0, 0.05) is 36.0 Å². The first-order valence-corrected chi connectivity index (χ1v) is 5.68. The van der Waals surface area contributed by atoms with E-state index in [1.54, 1.807) is 6.92 Å². The van der Waals surface area contributed by atoms with Crippen molar-refractivity contribution >= 4 is 5.78 Å². The second kappa shape index (κ2) is 3.51. The van der Waals surface area contributed by atoms with Crippen molar-refractivity contribution in [2.45, 2.75) is 26.2 Å². The molecule has 3 nitrogen and oxygen atoms in total. The zero-order valence-corrected chi connectivity index (χ0v) is 9.34. The number of hydrogen-bond acceptors (Lipinski definition) is 3. The van der Waals surface area contributed by atoms with E-state index >= 15 is 0 Å². The number of carbonyl (C=O) groups excluding carboxylic acids is 1. The summed E-state index contributed by atoms with van der Waals surface area (Å²) in [6.45, 7) is 3.07. The summed E-state index contributed by atoms with van der Waals surface area (Å²) in [6.07, 6.45) is 2.29. The molecule has 1 aromatic rings. The van der Waals surface area contributed by atoms with E-state index in [1.165, 1.54) is 11.1 Å². The van der Waals surface area contributed by atoms with Gasteiger partial charge in [0.25, 0.3) is 0 Å². The fraction of sp³-hybridized carbons (Fsp3) is 0.462. The van der Waals surface area contributed by atoms with Crippen LogP contribution in [0.5, 0.6) is 11.5 Å². The molecule has 0 unspecified atom stereocenters. The maximum atomic E-state index is 11.3. The molecule has 2 aliphatic rings. The summed E-state index contributed by atoms with van der Waals surface area (Å²) in [5, 5.41) is 0. The van der Waals surface area contributed by atoms with E-state index in [4.69, 9.17) is 9.47 Å². The Hall–Kier alpha value is -1.51. The minimum absolute atomic E-state index is 0.179. The van der Waals surface area contributed by atoms with E-state index < -0.39 is 0 Å². The minimum Gasteiger partial charge on any atom is -0.493 e. The van der Waals surface area contributed by atoms with Crippen LogP contribution >= 0.6 is 0 Å². The molecule has 0 saturated carbocycles. The smallest absolute Gasteiger partial charge is 0.134 e. The molecule has 0 aliphatic carbocycles. The fourth-order valence-corrected chi connectivity index (χ4v) is 2.52. The van der Waals surface area contributed by atoms with Crippen LogP contribution in [0.1, 0.15) is 23.6 Å². The lowest BCUT2D eigenvalue weighted by Gasteiger charge is -2.11. The average molecular weight is 218 g/mol. The molecule has 3 heteroatoms. The molecule has 0 radical (unpaired) electrons. The Morgan fingerprint density at radius 2 is 2.12 bits per heavy atom. The number of fused-ring (bicyclic) bond motifs is 2. The number of ketones is 1. The Morgan fingerprint density at radius 3 is 2.94 bits per heavy atom. The van der Waals surface area contributed by atoms with Crippen molar-refractivity contribution in [1.29, 1.82) is 0 Å². The molecular weight excluding hydrogens is 204 g/mol. The lowest BCUT2D eigenvalue weighted by Crippen LogP contribution is -2.02. The number of benzene rings is 1. The maximum Gasteiger partial charge on any atom is 0.134 e. The predicted molar refractivity (Wildman–Crippen MR) is 59.2 cm³/mol. The van der Waals surface area contributed by atoms with Crippen LogP contribution in [-0.2, 0) is 24.1 Å². The van der Waals surface area contributed by atoms with Gasteiger partial charge in [-0.2, -0.15) is 0 Å². The van der Waals surface area contributed by atoms with Gasteiger partial charge in [0.1, 0.15) is 17.3 Å². The molecule has 0 fully saturated rings. The van der Waals surface area contributed by atoms with E-state index in [0.717, 1.165) is 43.1 Å². The molecule has 1 aromatic carbocycles. The number of hydrogen-bond donors (Lipinski definition) is 0. The molecule has 0 aromatic heterocycles. The van der Waals surface area contributed by atoms with Gasteiger partial charge >= 0.3 is 0 Å². The van der Waals surface area contributed by atoms with E-state index in [9.17, 15) is 4.79 Å². The highest BCUT2D eigenvalue weighted by atomic mass is 16.5. The van der Waals surface area contributed by atoms with Gasteiger partial charge in [-0.15, -0.1) is 0 Å². The van der Waals surface area contributed by atoms with Gasteiger partial charge in [0.15, 0.2) is 0 Å². The minimum atomic E-state index is 0.179. The molecule has 0 N–H and O–H groups in total. The summed E-state index contributed by atoms with van der Waals surface area (Å²) < 4.78 is 11.2. The van der Waals surface area contributed by atoms with Gasteiger partial charge in [-0.1, -0.05) is 0 Å². The SMILES string of the molecule is CC(=O)Cc1c2c(cc3c1OCC3)OCC2. The Balaban J connectivity index is 2.15. The molecular formula is C13H14O3. The zero-order valence-electron chi connectivity index (χ0n) is 9.34. The van der Waals surface area contributed by atoms with Crippen LogP contribution in [0, 0.1) is 0 Å². The van der Waals surface area contributed by atoms with Gasteiger partial charge in [-0.3, -0.25) is 4.79 Å². The summed E-state index contributed by atoms with van der Waals surface area (Å²) in [5.74, 6) is 2.08. The third-order valence-electron chi connectivity index (χ3n) is 3.19. The van der Waals surface area contributed by atoms with Crippen molar-refractivity contribution < 1.29 is 14.3 Å². The highest BCUT2D eigenvalue weighted by Crippen LogP contribution is 2.40. The molecule has 0 amide bonds. The normalized spacial score (nSPS) is 16.3. The number of carbonyl (C=O) groups is 1. The first-order chi connectivity index (χ1) is 7.75. The van der Waals surface area contributed by atoms with E-state index in [0.29, 0.717) is 6.42 Å². The molecule has 2 heterocycles. The van der Waals surface area contributed by atoms with Crippen LogP contribution in [0.4, 0.5) is 0 Å². The number of ether oxygens (including phenoxy) is 2.